The molecule has 1 spiro atoms. The third kappa shape index (κ3) is 2.29. The predicted molar refractivity (Wildman–Crippen MR) is 77.6 cm³/mol. The topological polar surface area (TPSA) is 32.8 Å². The zero-order chi connectivity index (χ0) is 14.2. The van der Waals surface area contributed by atoms with E-state index in [0.29, 0.717) is 5.91 Å². The number of ether oxygens (including phenoxy) is 1. The molecule has 1 aromatic carbocycles. The van der Waals surface area contributed by atoms with Crippen molar-refractivity contribution < 1.29 is 9.53 Å². The van der Waals surface area contributed by atoms with Gasteiger partial charge >= 0.3 is 0 Å². The molecule has 0 N–H and O–H groups in total. The summed E-state index contributed by atoms with van der Waals surface area (Å²) in [5.74, 6) is 1.21. The van der Waals surface area contributed by atoms with Gasteiger partial charge in [-0.25, -0.2) is 0 Å². The lowest BCUT2D eigenvalue weighted by molar-refractivity contribution is -0.166. The fourth-order valence-electron chi connectivity index (χ4n) is 3.25. The van der Waals surface area contributed by atoms with E-state index in [-0.39, 0.29) is 5.41 Å². The molecule has 3 rings (SSSR count). The number of rotatable bonds is 3. The molecule has 2 fully saturated rings. The molecular formula is C16H22N2O2. The highest BCUT2D eigenvalue weighted by atomic mass is 16.5. The van der Waals surface area contributed by atoms with E-state index in [1.165, 1.54) is 5.56 Å². The van der Waals surface area contributed by atoms with Crippen molar-refractivity contribution in [3.05, 3.63) is 29.8 Å². The molecule has 20 heavy (non-hydrogen) atoms. The average Bonchev–Trinajstić information content (AvgIpc) is 2.49. The Bertz CT molecular complexity index is 490. The van der Waals surface area contributed by atoms with Gasteiger partial charge in [-0.15, -0.1) is 0 Å². The molecule has 4 heteroatoms. The van der Waals surface area contributed by atoms with Gasteiger partial charge in [0.1, 0.15) is 5.75 Å². The smallest absolute Gasteiger partial charge is 0.231 e. The Morgan fingerprint density at radius 2 is 1.85 bits per heavy atom. The van der Waals surface area contributed by atoms with Crippen LogP contribution in [0.4, 0.5) is 0 Å². The van der Waals surface area contributed by atoms with Crippen LogP contribution in [0.15, 0.2) is 24.3 Å². The summed E-state index contributed by atoms with van der Waals surface area (Å²) in [6.07, 6.45) is 2.03. The number of amides is 1. The molecule has 2 saturated heterocycles. The van der Waals surface area contributed by atoms with E-state index in [9.17, 15) is 4.79 Å². The van der Waals surface area contributed by atoms with Crippen LogP contribution in [-0.2, 0) is 11.3 Å². The van der Waals surface area contributed by atoms with Crippen LogP contribution in [0.3, 0.4) is 0 Å². The summed E-state index contributed by atoms with van der Waals surface area (Å²) in [5, 5.41) is 0. The molecule has 0 atom stereocenters. The quantitative estimate of drug-likeness (QED) is 0.787. The minimum absolute atomic E-state index is 0.0427. The average molecular weight is 274 g/mol. The summed E-state index contributed by atoms with van der Waals surface area (Å²) in [7, 11) is 3.79. The number of methoxy groups -OCH3 is 1. The highest BCUT2D eigenvalue weighted by molar-refractivity contribution is 5.88. The van der Waals surface area contributed by atoms with Gasteiger partial charge in [0.2, 0.25) is 5.91 Å². The second kappa shape index (κ2) is 5.09. The second-order valence-electron chi connectivity index (χ2n) is 6.09. The first kappa shape index (κ1) is 13.4. The van der Waals surface area contributed by atoms with Gasteiger partial charge in [0.15, 0.2) is 0 Å². The predicted octanol–water partition coefficient (Wildman–Crippen LogP) is 1.75. The molecule has 4 nitrogen and oxygen atoms in total. The lowest BCUT2D eigenvalue weighted by atomic mass is 9.71. The Morgan fingerprint density at radius 1 is 1.20 bits per heavy atom. The molecule has 0 saturated carbocycles. The minimum Gasteiger partial charge on any atom is -0.497 e. The minimum atomic E-state index is -0.0427. The number of piperidine rings is 1. The van der Waals surface area contributed by atoms with Crippen LogP contribution >= 0.6 is 0 Å². The molecule has 2 aliphatic rings. The van der Waals surface area contributed by atoms with Crippen LogP contribution < -0.4 is 4.74 Å². The van der Waals surface area contributed by atoms with Crippen molar-refractivity contribution in [2.24, 2.45) is 5.41 Å². The van der Waals surface area contributed by atoms with Crippen molar-refractivity contribution >= 4 is 5.91 Å². The maximum Gasteiger partial charge on any atom is 0.231 e. The van der Waals surface area contributed by atoms with Crippen LogP contribution in [0, 0.1) is 5.41 Å². The normalized spacial score (nSPS) is 21.9. The van der Waals surface area contributed by atoms with Crippen molar-refractivity contribution in [1.29, 1.82) is 0 Å². The van der Waals surface area contributed by atoms with Crippen LogP contribution in [-0.4, -0.2) is 49.5 Å². The van der Waals surface area contributed by atoms with E-state index in [1.807, 2.05) is 29.2 Å². The molecule has 0 bridgehead atoms. The lowest BCUT2D eigenvalue weighted by Gasteiger charge is -2.52. The molecule has 2 heterocycles. The van der Waals surface area contributed by atoms with E-state index in [0.717, 1.165) is 44.8 Å². The third-order valence-electron chi connectivity index (χ3n) is 4.71. The van der Waals surface area contributed by atoms with Gasteiger partial charge in [-0.1, -0.05) is 12.1 Å². The Kier molecular flexibility index (Phi) is 3.42. The summed E-state index contributed by atoms with van der Waals surface area (Å²) in [6, 6.07) is 7.97. The first-order valence-corrected chi connectivity index (χ1v) is 7.24. The maximum absolute atomic E-state index is 12.5. The number of nitrogens with zero attached hydrogens (tertiary/aromatic N) is 2. The molecule has 108 valence electrons. The van der Waals surface area contributed by atoms with E-state index in [1.54, 1.807) is 7.11 Å². The summed E-state index contributed by atoms with van der Waals surface area (Å²) < 4.78 is 5.15. The lowest BCUT2D eigenvalue weighted by Crippen LogP contribution is -2.63. The van der Waals surface area contributed by atoms with E-state index < -0.39 is 0 Å². The molecule has 0 aromatic heterocycles. The van der Waals surface area contributed by atoms with Gasteiger partial charge in [0.25, 0.3) is 0 Å². The van der Waals surface area contributed by atoms with Crippen LogP contribution in [0.1, 0.15) is 18.4 Å². The largest absolute Gasteiger partial charge is 0.497 e. The second-order valence-corrected chi connectivity index (χ2v) is 6.09. The maximum atomic E-state index is 12.5. The van der Waals surface area contributed by atoms with Crippen molar-refractivity contribution in [2.75, 3.05) is 33.8 Å². The Balaban J connectivity index is 1.59. The van der Waals surface area contributed by atoms with Crippen molar-refractivity contribution in [3.8, 4) is 5.75 Å². The van der Waals surface area contributed by atoms with E-state index >= 15 is 0 Å². The number of β-lactam (4-membered cyclic amide) rings is 1. The van der Waals surface area contributed by atoms with Crippen LogP contribution in [0.25, 0.3) is 0 Å². The summed E-state index contributed by atoms with van der Waals surface area (Å²) in [4.78, 5) is 16.7. The van der Waals surface area contributed by atoms with Gasteiger partial charge < -0.3 is 14.5 Å². The standard InChI is InChI=1S/C16H22N2O2/c1-17-9-7-16(8-10-17)12-18(15(16)19)11-13-3-5-14(20-2)6-4-13/h3-6H,7-12H2,1-2H3. The highest BCUT2D eigenvalue weighted by Crippen LogP contribution is 2.42. The highest BCUT2D eigenvalue weighted by Gasteiger charge is 2.52. The Morgan fingerprint density at radius 3 is 2.40 bits per heavy atom. The van der Waals surface area contributed by atoms with Crippen LogP contribution in [0.2, 0.25) is 0 Å². The Labute approximate surface area is 120 Å². The van der Waals surface area contributed by atoms with Gasteiger partial charge in [-0.3, -0.25) is 4.79 Å². The molecule has 0 unspecified atom stereocenters. The van der Waals surface area contributed by atoms with Gasteiger partial charge in [0, 0.05) is 13.1 Å². The molecular weight excluding hydrogens is 252 g/mol. The molecule has 0 radical (unpaired) electrons. The fraction of sp³-hybridized carbons (Fsp3) is 0.562. The van der Waals surface area contributed by atoms with Crippen molar-refractivity contribution in [2.45, 2.75) is 19.4 Å². The molecule has 2 aliphatic heterocycles. The van der Waals surface area contributed by atoms with E-state index in [2.05, 4.69) is 11.9 Å². The van der Waals surface area contributed by atoms with Gasteiger partial charge in [-0.05, 0) is 50.7 Å². The number of hydrogen-bond acceptors (Lipinski definition) is 3. The number of benzene rings is 1. The molecule has 1 amide bonds. The summed E-state index contributed by atoms with van der Waals surface area (Å²) in [6.45, 7) is 3.73. The Hall–Kier alpha value is -1.55. The van der Waals surface area contributed by atoms with Crippen molar-refractivity contribution in [1.82, 2.24) is 9.80 Å². The summed E-state index contributed by atoms with van der Waals surface area (Å²) >= 11 is 0. The fourth-order valence-corrected chi connectivity index (χ4v) is 3.25. The SMILES string of the molecule is COc1ccc(CN2CC3(CCN(C)CC3)C2=O)cc1. The molecule has 1 aromatic rings. The number of likely N-dealkylation sites (tertiary alicyclic amines) is 2. The number of hydrogen-bond donors (Lipinski definition) is 0. The first-order chi connectivity index (χ1) is 9.63. The number of carbonyl (C=O) groups excluding carboxylic acids is 1. The third-order valence-corrected chi connectivity index (χ3v) is 4.71. The first-order valence-electron chi connectivity index (χ1n) is 7.24. The zero-order valence-corrected chi connectivity index (χ0v) is 12.3. The summed E-state index contributed by atoms with van der Waals surface area (Å²) in [5.41, 5.74) is 1.13. The van der Waals surface area contributed by atoms with Crippen molar-refractivity contribution in [3.63, 3.8) is 0 Å². The monoisotopic (exact) mass is 274 g/mol. The zero-order valence-electron chi connectivity index (χ0n) is 12.3. The van der Waals surface area contributed by atoms with Crippen LogP contribution in [0.5, 0.6) is 5.75 Å². The van der Waals surface area contributed by atoms with Gasteiger partial charge in [0.05, 0.1) is 12.5 Å². The number of carbonyl (C=O) groups is 1. The molecule has 0 aliphatic carbocycles. The van der Waals surface area contributed by atoms with Gasteiger partial charge in [-0.2, -0.15) is 0 Å². The van der Waals surface area contributed by atoms with E-state index in [4.69, 9.17) is 4.74 Å².